The van der Waals surface area contributed by atoms with E-state index in [-0.39, 0.29) is 5.41 Å². The first kappa shape index (κ1) is 20.8. The Labute approximate surface area is 167 Å². The number of ether oxygens (including phenoxy) is 1. The van der Waals surface area contributed by atoms with Crippen LogP contribution in [0.2, 0.25) is 10.0 Å². The molecule has 2 rings (SSSR count). The monoisotopic (exact) mass is 388 g/mol. The summed E-state index contributed by atoms with van der Waals surface area (Å²) < 4.78 is 6.08. The van der Waals surface area contributed by atoms with Crippen molar-refractivity contribution in [3.05, 3.63) is 81.5 Å². The van der Waals surface area contributed by atoms with E-state index < -0.39 is 5.60 Å². The van der Waals surface area contributed by atoms with Crippen molar-refractivity contribution in [2.24, 2.45) is 5.41 Å². The Morgan fingerprint density at radius 1 is 0.885 bits per heavy atom. The highest BCUT2D eigenvalue weighted by atomic mass is 35.5. The summed E-state index contributed by atoms with van der Waals surface area (Å²) in [5.41, 5.74) is 6.06. The van der Waals surface area contributed by atoms with Gasteiger partial charge in [-0.05, 0) is 60.7 Å². The fourth-order valence-corrected chi connectivity index (χ4v) is 2.80. The summed E-state index contributed by atoms with van der Waals surface area (Å²) in [6.45, 7) is 11.3. The zero-order valence-corrected chi connectivity index (χ0v) is 17.6. The van der Waals surface area contributed by atoms with Gasteiger partial charge in [-0.15, -0.1) is 5.73 Å². The minimum atomic E-state index is -0.439. The Kier molecular flexibility index (Phi) is 6.77. The Morgan fingerprint density at radius 3 is 1.65 bits per heavy atom. The van der Waals surface area contributed by atoms with Crippen LogP contribution in [-0.4, -0.2) is 12.2 Å². The van der Waals surface area contributed by atoms with Gasteiger partial charge in [-0.25, -0.2) is 0 Å². The molecule has 0 aliphatic heterocycles. The Bertz CT molecular complexity index is 744. The molecule has 0 aromatic heterocycles. The molecule has 0 amide bonds. The molecule has 0 aliphatic rings. The van der Waals surface area contributed by atoms with Crippen molar-refractivity contribution < 1.29 is 4.74 Å². The highest BCUT2D eigenvalue weighted by Crippen LogP contribution is 2.35. The van der Waals surface area contributed by atoms with Gasteiger partial charge in [-0.2, -0.15) is 0 Å². The average molecular weight is 389 g/mol. The van der Waals surface area contributed by atoms with Crippen molar-refractivity contribution in [1.82, 2.24) is 0 Å². The predicted molar refractivity (Wildman–Crippen MR) is 113 cm³/mol. The maximum atomic E-state index is 6.08. The first-order valence-corrected chi connectivity index (χ1v) is 9.55. The lowest BCUT2D eigenvalue weighted by atomic mass is 9.77. The molecule has 0 saturated carbocycles. The zero-order valence-electron chi connectivity index (χ0n) is 16.1. The van der Waals surface area contributed by atoms with Crippen LogP contribution in [0.1, 0.15) is 45.7 Å². The normalized spacial score (nSPS) is 13.7. The van der Waals surface area contributed by atoms with Crippen LogP contribution in [0.4, 0.5) is 0 Å². The van der Waals surface area contributed by atoms with Crippen molar-refractivity contribution >= 4 is 28.8 Å². The molecular formula is C23H26Cl2O. The lowest BCUT2D eigenvalue weighted by Gasteiger charge is -2.38. The molecule has 1 atom stereocenters. The van der Waals surface area contributed by atoms with Gasteiger partial charge in [0.2, 0.25) is 0 Å². The van der Waals surface area contributed by atoms with Gasteiger partial charge in [0.05, 0.1) is 5.60 Å². The van der Waals surface area contributed by atoms with Gasteiger partial charge in [0.25, 0.3) is 0 Å². The summed E-state index contributed by atoms with van der Waals surface area (Å²) in [7, 11) is 0. The molecule has 3 heteroatoms. The summed E-state index contributed by atoms with van der Waals surface area (Å²) in [6, 6.07) is 15.6. The quantitative estimate of drug-likeness (QED) is 0.484. The zero-order chi connectivity index (χ0) is 19.4. The molecule has 0 bridgehead atoms. The van der Waals surface area contributed by atoms with E-state index in [1.807, 2.05) is 61.5 Å². The lowest BCUT2D eigenvalue weighted by molar-refractivity contribution is -0.0619. The second kappa shape index (κ2) is 8.46. The number of benzene rings is 2. The fourth-order valence-electron chi connectivity index (χ4n) is 2.55. The number of hydrogen-bond donors (Lipinski definition) is 0. The van der Waals surface area contributed by atoms with Crippen LogP contribution in [0.5, 0.6) is 0 Å². The van der Waals surface area contributed by atoms with Crippen molar-refractivity contribution in [3.63, 3.8) is 0 Å². The fraction of sp³-hybridized carbons (Fsp3) is 0.348. The van der Waals surface area contributed by atoms with Crippen LogP contribution in [0.25, 0.3) is 5.57 Å². The summed E-state index contributed by atoms with van der Waals surface area (Å²) in [6.07, 6.45) is 2.04. The summed E-state index contributed by atoms with van der Waals surface area (Å²) in [5, 5.41) is 1.42. The molecule has 138 valence electrons. The van der Waals surface area contributed by atoms with Gasteiger partial charge in [0.1, 0.15) is 0 Å². The second-order valence-corrected chi connectivity index (χ2v) is 8.34. The van der Waals surface area contributed by atoms with E-state index in [0.29, 0.717) is 16.7 Å². The molecule has 0 N–H and O–H groups in total. The van der Waals surface area contributed by atoms with Crippen molar-refractivity contribution in [3.8, 4) is 0 Å². The number of rotatable bonds is 5. The van der Waals surface area contributed by atoms with Gasteiger partial charge >= 0.3 is 0 Å². The van der Waals surface area contributed by atoms with Crippen LogP contribution in [-0.2, 0) is 4.74 Å². The minimum absolute atomic E-state index is 0.0683. The molecule has 0 fully saturated rings. The Hall–Kier alpha value is -1.50. The molecular weight excluding hydrogens is 363 g/mol. The van der Waals surface area contributed by atoms with E-state index in [0.717, 1.165) is 16.7 Å². The van der Waals surface area contributed by atoms with Gasteiger partial charge in [0, 0.05) is 22.2 Å². The van der Waals surface area contributed by atoms with E-state index in [1.54, 1.807) is 0 Å². The summed E-state index contributed by atoms with van der Waals surface area (Å²) in [4.78, 5) is 0. The predicted octanol–water partition coefficient (Wildman–Crippen LogP) is 7.42. The second-order valence-electron chi connectivity index (χ2n) is 7.47. The van der Waals surface area contributed by atoms with Gasteiger partial charge < -0.3 is 4.74 Å². The van der Waals surface area contributed by atoms with Crippen molar-refractivity contribution in [2.75, 3.05) is 6.61 Å². The highest BCUT2D eigenvalue weighted by Gasteiger charge is 2.36. The standard InChI is InChI=1S/C23H26Cl2O/c1-6-26-23(5,22(2,3)4)16-15-21(17-7-11-19(24)12-8-17)18-9-13-20(25)14-10-18/h7-14,16H,6H2,1-5H3. The Balaban J connectivity index is 2.64. The van der Waals surface area contributed by atoms with E-state index >= 15 is 0 Å². The van der Waals surface area contributed by atoms with Gasteiger partial charge in [-0.3, -0.25) is 0 Å². The van der Waals surface area contributed by atoms with Crippen LogP contribution < -0.4 is 0 Å². The van der Waals surface area contributed by atoms with Crippen molar-refractivity contribution in [2.45, 2.75) is 40.2 Å². The molecule has 2 aromatic rings. The first-order valence-electron chi connectivity index (χ1n) is 8.80. The van der Waals surface area contributed by atoms with Crippen LogP contribution in [0, 0.1) is 5.41 Å². The molecule has 0 radical (unpaired) electrons. The SMILES string of the molecule is CCOC(C)(C=C=C(c1ccc(Cl)cc1)c1ccc(Cl)cc1)C(C)(C)C. The van der Waals surface area contributed by atoms with Crippen LogP contribution in [0.3, 0.4) is 0 Å². The number of halogens is 2. The molecule has 1 unspecified atom stereocenters. The summed E-state index contributed by atoms with van der Waals surface area (Å²) >= 11 is 12.1. The highest BCUT2D eigenvalue weighted by molar-refractivity contribution is 6.31. The maximum absolute atomic E-state index is 6.08. The third-order valence-electron chi connectivity index (χ3n) is 4.69. The van der Waals surface area contributed by atoms with E-state index in [2.05, 4.69) is 33.4 Å². The average Bonchev–Trinajstić information content (AvgIpc) is 2.57. The molecule has 0 spiro atoms. The minimum Gasteiger partial charge on any atom is -0.370 e. The smallest absolute Gasteiger partial charge is 0.0955 e. The molecule has 0 aliphatic carbocycles. The van der Waals surface area contributed by atoms with E-state index in [9.17, 15) is 0 Å². The largest absolute Gasteiger partial charge is 0.370 e. The molecule has 1 nitrogen and oxygen atoms in total. The van der Waals surface area contributed by atoms with Crippen LogP contribution in [0.15, 0.2) is 60.3 Å². The third kappa shape index (κ3) is 5.02. The summed E-state index contributed by atoms with van der Waals surface area (Å²) in [5.74, 6) is 0. The number of hydrogen-bond acceptors (Lipinski definition) is 1. The molecule has 0 saturated heterocycles. The molecule has 26 heavy (non-hydrogen) atoms. The Morgan fingerprint density at radius 2 is 1.31 bits per heavy atom. The first-order chi connectivity index (χ1) is 12.2. The van der Waals surface area contributed by atoms with Crippen LogP contribution >= 0.6 is 23.2 Å². The molecule has 0 heterocycles. The van der Waals surface area contributed by atoms with Crippen molar-refractivity contribution in [1.29, 1.82) is 0 Å². The van der Waals surface area contributed by atoms with E-state index in [1.165, 1.54) is 0 Å². The lowest BCUT2D eigenvalue weighted by Crippen LogP contribution is -2.40. The van der Waals surface area contributed by atoms with E-state index in [4.69, 9.17) is 27.9 Å². The topological polar surface area (TPSA) is 9.23 Å². The third-order valence-corrected chi connectivity index (χ3v) is 5.20. The maximum Gasteiger partial charge on any atom is 0.0955 e. The van der Waals surface area contributed by atoms with Gasteiger partial charge in [0.15, 0.2) is 0 Å². The molecule has 2 aromatic carbocycles. The van der Waals surface area contributed by atoms with Gasteiger partial charge in [-0.1, -0.05) is 68.2 Å².